The summed E-state index contributed by atoms with van der Waals surface area (Å²) in [4.78, 5) is 0. The molecule has 3 aliphatic carbocycles. The van der Waals surface area contributed by atoms with Gasteiger partial charge in [0.1, 0.15) is 11.9 Å². The molecule has 0 saturated heterocycles. The number of phenolic OH excluding ortho intramolecular Hbond substituents is 1. The number of aliphatic hydroxyl groups excluding tert-OH is 1. The van der Waals surface area contributed by atoms with Gasteiger partial charge in [-0.2, -0.15) is 0 Å². The summed E-state index contributed by atoms with van der Waals surface area (Å²) < 4.78 is 15.7. The molecule has 2 aromatic carbocycles. The molecule has 2 N–H and O–H groups in total. The fourth-order valence-corrected chi connectivity index (χ4v) is 6.71. The van der Waals surface area contributed by atoms with Gasteiger partial charge in [0.15, 0.2) is 0 Å². The van der Waals surface area contributed by atoms with E-state index >= 15 is 4.39 Å². The van der Waals surface area contributed by atoms with Crippen molar-refractivity contribution in [3.8, 4) is 5.75 Å². The highest BCUT2D eigenvalue weighted by molar-refractivity contribution is 5.44. The van der Waals surface area contributed by atoms with E-state index < -0.39 is 6.17 Å². The van der Waals surface area contributed by atoms with Crippen molar-refractivity contribution in [1.82, 2.24) is 0 Å². The number of hydrogen-bond acceptors (Lipinski definition) is 2. The van der Waals surface area contributed by atoms with Crippen molar-refractivity contribution in [3.63, 3.8) is 0 Å². The first kappa shape index (κ1) is 17.2. The molecule has 142 valence electrons. The van der Waals surface area contributed by atoms with Crippen LogP contribution in [-0.2, 0) is 6.42 Å². The highest BCUT2D eigenvalue weighted by atomic mass is 19.1. The Morgan fingerprint density at radius 3 is 2.63 bits per heavy atom. The first-order chi connectivity index (χ1) is 13.0. The Hall–Kier alpha value is -1.87. The first-order valence-electron chi connectivity index (χ1n) is 10.2. The number of aliphatic hydroxyl groups is 1. The molecule has 0 aliphatic heterocycles. The molecule has 2 nitrogen and oxygen atoms in total. The minimum atomic E-state index is -0.906. The van der Waals surface area contributed by atoms with Crippen LogP contribution >= 0.6 is 0 Å². The van der Waals surface area contributed by atoms with Crippen molar-refractivity contribution in [2.24, 2.45) is 17.3 Å². The standard InChI is InChI=1S/C24H27FO2/c1-24-12-17(27)11-20(24)22-19(14-5-3-2-4-6-14)10-15-9-16(26)7-8-18(15)23(22)21(25)13-24/h2-9,17,19-23,26-27H,10-13H2,1H3/t17-,19+,20-,21-,22-,23-,24-/m0/s1. The van der Waals surface area contributed by atoms with E-state index in [-0.39, 0.29) is 35.0 Å². The smallest absolute Gasteiger partial charge is 0.115 e. The fraction of sp³-hybridized carbons (Fsp3) is 0.500. The molecular formula is C24H27FO2. The Bertz CT molecular complexity index is 851. The molecule has 0 unspecified atom stereocenters. The highest BCUT2D eigenvalue weighted by Crippen LogP contribution is 2.64. The average Bonchev–Trinajstić information content (AvgIpc) is 2.94. The predicted octanol–water partition coefficient (Wildman–Crippen LogP) is 4.95. The van der Waals surface area contributed by atoms with Gasteiger partial charge in [-0.1, -0.05) is 43.3 Å². The van der Waals surface area contributed by atoms with Crippen LogP contribution in [0.4, 0.5) is 4.39 Å². The quantitative estimate of drug-likeness (QED) is 0.750. The second kappa shape index (κ2) is 6.07. The number of hydrogen-bond donors (Lipinski definition) is 2. The summed E-state index contributed by atoms with van der Waals surface area (Å²) >= 11 is 0. The second-order valence-corrected chi connectivity index (χ2v) is 9.28. The third-order valence-corrected chi connectivity index (χ3v) is 7.67. The molecule has 2 aromatic rings. The van der Waals surface area contributed by atoms with Crippen molar-refractivity contribution in [2.75, 3.05) is 0 Å². The summed E-state index contributed by atoms with van der Waals surface area (Å²) in [6.45, 7) is 2.19. The molecule has 5 rings (SSSR count). The maximum Gasteiger partial charge on any atom is 0.115 e. The van der Waals surface area contributed by atoms with E-state index in [9.17, 15) is 10.2 Å². The van der Waals surface area contributed by atoms with Crippen LogP contribution in [-0.4, -0.2) is 22.5 Å². The van der Waals surface area contributed by atoms with Gasteiger partial charge in [-0.25, -0.2) is 4.39 Å². The van der Waals surface area contributed by atoms with Crippen LogP contribution in [0.2, 0.25) is 0 Å². The summed E-state index contributed by atoms with van der Waals surface area (Å²) in [5, 5.41) is 20.4. The van der Waals surface area contributed by atoms with E-state index in [1.807, 2.05) is 18.2 Å². The van der Waals surface area contributed by atoms with Gasteiger partial charge in [0.05, 0.1) is 6.10 Å². The van der Waals surface area contributed by atoms with E-state index in [0.717, 1.165) is 24.0 Å². The van der Waals surface area contributed by atoms with E-state index in [2.05, 4.69) is 31.2 Å². The largest absolute Gasteiger partial charge is 0.508 e. The van der Waals surface area contributed by atoms with Crippen molar-refractivity contribution >= 4 is 0 Å². The van der Waals surface area contributed by atoms with Gasteiger partial charge < -0.3 is 10.2 Å². The van der Waals surface area contributed by atoms with E-state index in [4.69, 9.17) is 0 Å². The summed E-state index contributed by atoms with van der Waals surface area (Å²) in [7, 11) is 0. The molecule has 0 amide bonds. The lowest BCUT2D eigenvalue weighted by atomic mass is 9.51. The Labute approximate surface area is 160 Å². The fourth-order valence-electron chi connectivity index (χ4n) is 6.71. The number of benzene rings is 2. The summed E-state index contributed by atoms with van der Waals surface area (Å²) in [6, 6.07) is 15.9. The number of rotatable bonds is 1. The van der Waals surface area contributed by atoms with Gasteiger partial charge in [-0.3, -0.25) is 0 Å². The molecular weight excluding hydrogens is 339 g/mol. The molecule has 0 radical (unpaired) electrons. The van der Waals surface area contributed by atoms with Crippen molar-refractivity contribution in [2.45, 2.75) is 56.7 Å². The topological polar surface area (TPSA) is 40.5 Å². The highest BCUT2D eigenvalue weighted by Gasteiger charge is 2.58. The molecule has 0 aromatic heterocycles. The zero-order valence-electron chi connectivity index (χ0n) is 15.7. The molecule has 0 bridgehead atoms. The molecule has 3 aliphatic rings. The summed E-state index contributed by atoms with van der Waals surface area (Å²) in [5.41, 5.74) is 3.27. The van der Waals surface area contributed by atoms with Crippen LogP contribution < -0.4 is 0 Å². The third-order valence-electron chi connectivity index (χ3n) is 7.67. The molecule has 3 heteroatoms. The van der Waals surface area contributed by atoms with Crippen molar-refractivity contribution < 1.29 is 14.6 Å². The summed E-state index contributed by atoms with van der Waals surface area (Å²) in [6.07, 6.45) is 1.62. The van der Waals surface area contributed by atoms with Crippen LogP contribution in [0, 0.1) is 17.3 Å². The minimum absolute atomic E-state index is 0.124. The lowest BCUT2D eigenvalue weighted by Crippen LogP contribution is -2.48. The number of halogens is 1. The number of fused-ring (bicyclic) bond motifs is 5. The zero-order valence-corrected chi connectivity index (χ0v) is 15.7. The van der Waals surface area contributed by atoms with E-state index in [1.54, 1.807) is 6.07 Å². The van der Waals surface area contributed by atoms with Crippen LogP contribution in [0.5, 0.6) is 5.75 Å². The van der Waals surface area contributed by atoms with E-state index in [0.29, 0.717) is 18.8 Å². The van der Waals surface area contributed by atoms with Crippen molar-refractivity contribution in [1.29, 1.82) is 0 Å². The Morgan fingerprint density at radius 1 is 1.07 bits per heavy atom. The number of aromatic hydroxyl groups is 1. The van der Waals surface area contributed by atoms with Crippen LogP contribution in [0.25, 0.3) is 0 Å². The molecule has 2 fully saturated rings. The van der Waals surface area contributed by atoms with Gasteiger partial charge in [0, 0.05) is 5.92 Å². The van der Waals surface area contributed by atoms with Crippen molar-refractivity contribution in [3.05, 3.63) is 65.2 Å². The molecule has 7 atom stereocenters. The lowest BCUT2D eigenvalue weighted by Gasteiger charge is -2.53. The van der Waals surface area contributed by atoms with Crippen LogP contribution in [0.1, 0.15) is 54.7 Å². The van der Waals surface area contributed by atoms with Gasteiger partial charge in [0.2, 0.25) is 0 Å². The Kier molecular flexibility index (Phi) is 3.87. The van der Waals surface area contributed by atoms with Gasteiger partial charge in [-0.15, -0.1) is 0 Å². The SMILES string of the molecule is C[C@@]12C[C@@H](O)C[C@H]1[C@H]1[C@@H](c3ccc(O)cc3C[C@@H]1c1ccccc1)[C@@H](F)C2. The Balaban J connectivity index is 1.68. The molecule has 0 spiro atoms. The number of phenols is 1. The monoisotopic (exact) mass is 366 g/mol. The predicted molar refractivity (Wildman–Crippen MR) is 104 cm³/mol. The van der Waals surface area contributed by atoms with Crippen LogP contribution in [0.3, 0.4) is 0 Å². The molecule has 27 heavy (non-hydrogen) atoms. The maximum atomic E-state index is 15.7. The number of alkyl halides is 1. The van der Waals surface area contributed by atoms with Gasteiger partial charge >= 0.3 is 0 Å². The lowest BCUT2D eigenvalue weighted by molar-refractivity contribution is -0.00822. The first-order valence-corrected chi connectivity index (χ1v) is 10.2. The minimum Gasteiger partial charge on any atom is -0.508 e. The van der Waals surface area contributed by atoms with E-state index in [1.165, 1.54) is 5.56 Å². The molecule has 2 saturated carbocycles. The van der Waals surface area contributed by atoms with Crippen LogP contribution in [0.15, 0.2) is 48.5 Å². The second-order valence-electron chi connectivity index (χ2n) is 9.28. The maximum absolute atomic E-state index is 15.7. The Morgan fingerprint density at radius 2 is 1.85 bits per heavy atom. The zero-order chi connectivity index (χ0) is 18.8. The average molecular weight is 366 g/mol. The third kappa shape index (κ3) is 2.62. The summed E-state index contributed by atoms with van der Waals surface area (Å²) in [5.74, 6) is 0.847. The van der Waals surface area contributed by atoms with Gasteiger partial charge in [-0.05, 0) is 77.7 Å². The molecule has 0 heterocycles. The normalized spacial score (nSPS) is 40.1. The van der Waals surface area contributed by atoms with Gasteiger partial charge in [0.25, 0.3) is 0 Å².